The zero-order chi connectivity index (χ0) is 17.7. The fourth-order valence-corrected chi connectivity index (χ4v) is 4.07. The monoisotopic (exact) mass is 361 g/mol. The van der Waals surface area contributed by atoms with E-state index in [0.717, 1.165) is 23.1 Å². The Morgan fingerprint density at radius 2 is 2.04 bits per heavy atom. The first kappa shape index (κ1) is 16.4. The molecular weight excluding hydrogens is 342 g/mol. The summed E-state index contributed by atoms with van der Waals surface area (Å²) in [7, 11) is 3.58. The van der Waals surface area contributed by atoms with Crippen molar-refractivity contribution < 1.29 is 9.59 Å². The van der Waals surface area contributed by atoms with Crippen molar-refractivity contribution in [3.63, 3.8) is 0 Å². The first-order valence-corrected chi connectivity index (χ1v) is 8.70. The minimum atomic E-state index is -0.398. The van der Waals surface area contributed by atoms with E-state index in [9.17, 15) is 9.59 Å². The van der Waals surface area contributed by atoms with Crippen molar-refractivity contribution in [2.24, 2.45) is 7.05 Å². The van der Waals surface area contributed by atoms with Gasteiger partial charge in [-0.3, -0.25) is 19.2 Å². The Morgan fingerprint density at radius 1 is 1.24 bits per heavy atom. The number of halogens is 1. The third kappa shape index (κ3) is 2.67. The predicted molar refractivity (Wildman–Crippen MR) is 94.1 cm³/mol. The molecule has 0 aliphatic carbocycles. The van der Waals surface area contributed by atoms with Crippen LogP contribution in [0.1, 0.15) is 5.69 Å². The van der Waals surface area contributed by atoms with Gasteiger partial charge in [-0.15, -0.1) is 0 Å². The maximum atomic E-state index is 12.4. The number of aromatic nitrogens is 2. The van der Waals surface area contributed by atoms with Crippen LogP contribution in [-0.4, -0.2) is 75.6 Å². The van der Waals surface area contributed by atoms with Gasteiger partial charge in [-0.1, -0.05) is 17.7 Å². The number of fused-ring (bicyclic) bond motifs is 2. The summed E-state index contributed by atoms with van der Waals surface area (Å²) in [5.74, 6) is 0.0336. The Morgan fingerprint density at radius 3 is 2.84 bits per heavy atom. The van der Waals surface area contributed by atoms with Gasteiger partial charge in [0.1, 0.15) is 6.04 Å². The molecule has 0 saturated carbocycles. The standard InChI is InChI=1S/C17H20ClN5O2/c1-20-10-15(24)23-7-6-22(9-14(23)17(20)25)8-12-16-11(18)4-3-5-13(16)21(2)19-12/h3-5,14H,6-10H2,1-2H3. The van der Waals surface area contributed by atoms with E-state index < -0.39 is 6.04 Å². The average Bonchev–Trinajstić information content (AvgIpc) is 2.90. The van der Waals surface area contributed by atoms with Crippen LogP contribution in [0.5, 0.6) is 0 Å². The van der Waals surface area contributed by atoms with Crippen LogP contribution in [0, 0.1) is 0 Å². The molecule has 4 rings (SSSR count). The van der Waals surface area contributed by atoms with Crippen molar-refractivity contribution >= 4 is 34.3 Å². The van der Waals surface area contributed by atoms with Gasteiger partial charge in [0.15, 0.2) is 0 Å². The highest BCUT2D eigenvalue weighted by Crippen LogP contribution is 2.28. The molecular formula is C17H20ClN5O2. The zero-order valence-corrected chi connectivity index (χ0v) is 15.0. The Labute approximate surface area is 150 Å². The molecule has 2 aliphatic heterocycles. The molecule has 2 amide bonds. The summed E-state index contributed by atoms with van der Waals surface area (Å²) in [4.78, 5) is 30.0. The summed E-state index contributed by atoms with van der Waals surface area (Å²) in [6, 6.07) is 5.38. The second kappa shape index (κ2) is 6.00. The first-order valence-electron chi connectivity index (χ1n) is 8.32. The molecule has 2 aliphatic rings. The van der Waals surface area contributed by atoms with Crippen molar-refractivity contribution in [2.75, 3.05) is 33.2 Å². The SMILES string of the molecule is CN1CC(=O)N2CCN(Cc3nn(C)c4cccc(Cl)c34)CC2C1=O. The molecule has 0 radical (unpaired) electrons. The van der Waals surface area contributed by atoms with E-state index in [1.807, 2.05) is 29.9 Å². The Hall–Kier alpha value is -2.12. The van der Waals surface area contributed by atoms with Crippen LogP contribution >= 0.6 is 11.6 Å². The molecule has 1 aromatic carbocycles. The number of nitrogens with zero attached hydrogens (tertiary/aromatic N) is 5. The van der Waals surface area contributed by atoms with E-state index in [4.69, 9.17) is 11.6 Å². The summed E-state index contributed by atoms with van der Waals surface area (Å²) in [5.41, 5.74) is 1.89. The molecule has 0 bridgehead atoms. The normalized spacial score (nSPS) is 22.0. The third-order valence-corrected chi connectivity index (χ3v) is 5.41. The Kier molecular flexibility index (Phi) is 3.92. The lowest BCUT2D eigenvalue weighted by Crippen LogP contribution is -2.65. The van der Waals surface area contributed by atoms with Crippen molar-refractivity contribution in [1.82, 2.24) is 24.5 Å². The zero-order valence-electron chi connectivity index (χ0n) is 14.3. The molecule has 1 atom stereocenters. The van der Waals surface area contributed by atoms with Crippen LogP contribution in [0.15, 0.2) is 18.2 Å². The second-order valence-corrected chi connectivity index (χ2v) is 7.14. The van der Waals surface area contributed by atoms with E-state index in [1.54, 1.807) is 11.9 Å². The molecule has 8 heteroatoms. The quantitative estimate of drug-likeness (QED) is 0.790. The molecule has 0 spiro atoms. The molecule has 132 valence electrons. The number of benzene rings is 1. The number of hydrogen-bond donors (Lipinski definition) is 0. The largest absolute Gasteiger partial charge is 0.335 e. The van der Waals surface area contributed by atoms with Crippen LogP contribution in [0.2, 0.25) is 5.02 Å². The molecule has 3 heterocycles. The molecule has 25 heavy (non-hydrogen) atoms. The van der Waals surface area contributed by atoms with Crippen molar-refractivity contribution in [3.05, 3.63) is 28.9 Å². The molecule has 7 nitrogen and oxygen atoms in total. The van der Waals surface area contributed by atoms with Crippen molar-refractivity contribution in [3.8, 4) is 0 Å². The summed E-state index contributed by atoms with van der Waals surface area (Å²) >= 11 is 6.38. The number of hydrogen-bond acceptors (Lipinski definition) is 4. The molecule has 0 N–H and O–H groups in total. The minimum absolute atomic E-state index is 0.00760. The number of carbonyl (C=O) groups is 2. The number of rotatable bonds is 2. The summed E-state index contributed by atoms with van der Waals surface area (Å²) < 4.78 is 1.83. The van der Waals surface area contributed by atoms with Gasteiger partial charge in [0.2, 0.25) is 11.8 Å². The van der Waals surface area contributed by atoms with E-state index >= 15 is 0 Å². The molecule has 2 aromatic rings. The van der Waals surface area contributed by atoms with Gasteiger partial charge in [-0.25, -0.2) is 0 Å². The van der Waals surface area contributed by atoms with Gasteiger partial charge >= 0.3 is 0 Å². The first-order chi connectivity index (χ1) is 12.0. The van der Waals surface area contributed by atoms with Crippen molar-refractivity contribution in [2.45, 2.75) is 12.6 Å². The fraction of sp³-hybridized carbons (Fsp3) is 0.471. The predicted octanol–water partition coefficient (Wildman–Crippen LogP) is 0.712. The highest BCUT2D eigenvalue weighted by Gasteiger charge is 2.41. The van der Waals surface area contributed by atoms with Crippen LogP contribution in [0.3, 0.4) is 0 Å². The number of aryl methyl sites for hydroxylation is 1. The van der Waals surface area contributed by atoms with E-state index in [0.29, 0.717) is 24.7 Å². The third-order valence-electron chi connectivity index (χ3n) is 5.09. The van der Waals surface area contributed by atoms with E-state index in [2.05, 4.69) is 10.00 Å². The van der Waals surface area contributed by atoms with Gasteiger partial charge in [0, 0.05) is 45.7 Å². The Balaban J connectivity index is 1.59. The van der Waals surface area contributed by atoms with Gasteiger partial charge in [-0.2, -0.15) is 5.10 Å². The smallest absolute Gasteiger partial charge is 0.246 e. The fourth-order valence-electron chi connectivity index (χ4n) is 3.79. The maximum Gasteiger partial charge on any atom is 0.246 e. The van der Waals surface area contributed by atoms with Gasteiger partial charge in [-0.05, 0) is 12.1 Å². The van der Waals surface area contributed by atoms with Gasteiger partial charge in [0.25, 0.3) is 0 Å². The van der Waals surface area contributed by atoms with E-state index in [1.165, 1.54) is 4.90 Å². The van der Waals surface area contributed by atoms with E-state index in [-0.39, 0.29) is 18.4 Å². The molecule has 1 unspecified atom stereocenters. The van der Waals surface area contributed by atoms with Gasteiger partial charge < -0.3 is 9.80 Å². The highest BCUT2D eigenvalue weighted by atomic mass is 35.5. The number of piperazine rings is 2. The number of amides is 2. The van der Waals surface area contributed by atoms with Crippen molar-refractivity contribution in [1.29, 1.82) is 0 Å². The van der Waals surface area contributed by atoms with Crippen LogP contribution in [0.25, 0.3) is 10.9 Å². The highest BCUT2D eigenvalue weighted by molar-refractivity contribution is 6.35. The lowest BCUT2D eigenvalue weighted by atomic mass is 10.1. The summed E-state index contributed by atoms with van der Waals surface area (Å²) in [5, 5.41) is 6.25. The van der Waals surface area contributed by atoms with Crippen LogP contribution < -0.4 is 0 Å². The van der Waals surface area contributed by atoms with Gasteiger partial charge in [0.05, 0.1) is 22.8 Å². The topological polar surface area (TPSA) is 61.7 Å². The molecule has 2 fully saturated rings. The maximum absolute atomic E-state index is 12.4. The minimum Gasteiger partial charge on any atom is -0.335 e. The lowest BCUT2D eigenvalue weighted by molar-refractivity contribution is -0.158. The second-order valence-electron chi connectivity index (χ2n) is 6.74. The van der Waals surface area contributed by atoms with Crippen LogP contribution in [-0.2, 0) is 23.2 Å². The Bertz CT molecular complexity index is 864. The number of carbonyl (C=O) groups excluding carboxylic acids is 2. The lowest BCUT2D eigenvalue weighted by Gasteiger charge is -2.45. The van der Waals surface area contributed by atoms with Crippen LogP contribution in [0.4, 0.5) is 0 Å². The molecule has 1 aromatic heterocycles. The summed E-state index contributed by atoms with van der Waals surface area (Å²) in [6.45, 7) is 2.60. The number of likely N-dealkylation sites (N-methyl/N-ethyl adjacent to an activating group) is 1. The average molecular weight is 362 g/mol. The summed E-state index contributed by atoms with van der Waals surface area (Å²) in [6.07, 6.45) is 0. The molecule has 2 saturated heterocycles.